The van der Waals surface area contributed by atoms with Crippen LogP contribution in [-0.2, 0) is 14.8 Å². The average molecular weight is 240 g/mol. The van der Waals surface area contributed by atoms with Crippen molar-refractivity contribution in [2.75, 3.05) is 33.0 Å². The Bertz CT molecular complexity index is 103. The molecular weight excluding hydrogens is 216 g/mol. The van der Waals surface area contributed by atoms with Gasteiger partial charge in [0.25, 0.3) is 0 Å². The standard InChI is InChI=1S/C6H14O3.C4H10O3/c7-3-1-2-6(4-8)5-9;1-3-5-7-6-4-2/h6-9H,1-5H2;3-4H2,1-2H3. The lowest BCUT2D eigenvalue weighted by Gasteiger charge is -2.07. The maximum absolute atomic E-state index is 8.51. The summed E-state index contributed by atoms with van der Waals surface area (Å²) in [6.07, 6.45) is 1.36. The molecule has 0 aliphatic carbocycles. The van der Waals surface area contributed by atoms with Crippen molar-refractivity contribution in [3.8, 4) is 0 Å². The van der Waals surface area contributed by atoms with Gasteiger partial charge in [-0.25, -0.2) is 9.78 Å². The Morgan fingerprint density at radius 2 is 1.44 bits per heavy atom. The molecule has 100 valence electrons. The lowest BCUT2D eigenvalue weighted by molar-refractivity contribution is -0.509. The number of hydrogen-bond acceptors (Lipinski definition) is 6. The second kappa shape index (κ2) is 17.2. The van der Waals surface area contributed by atoms with E-state index in [9.17, 15) is 0 Å². The summed E-state index contributed by atoms with van der Waals surface area (Å²) in [7, 11) is 0. The fourth-order valence-electron chi connectivity index (χ4n) is 0.751. The van der Waals surface area contributed by atoms with Gasteiger partial charge in [-0.1, -0.05) is 5.04 Å². The summed E-state index contributed by atoms with van der Waals surface area (Å²) >= 11 is 0. The summed E-state index contributed by atoms with van der Waals surface area (Å²) in [5.74, 6) is -0.0443. The highest BCUT2D eigenvalue weighted by molar-refractivity contribution is 4.53. The van der Waals surface area contributed by atoms with Crippen LogP contribution in [0.1, 0.15) is 26.7 Å². The summed E-state index contributed by atoms with van der Waals surface area (Å²) < 4.78 is 0. The lowest BCUT2D eigenvalue weighted by atomic mass is 10.1. The predicted molar refractivity (Wildman–Crippen MR) is 58.3 cm³/mol. The molecule has 3 N–H and O–H groups in total. The first-order valence-electron chi connectivity index (χ1n) is 5.50. The Labute approximate surface area is 96.6 Å². The van der Waals surface area contributed by atoms with Gasteiger partial charge in [-0.3, -0.25) is 0 Å². The average Bonchev–Trinajstić information content (AvgIpc) is 2.32. The minimum atomic E-state index is -0.0443. The number of aliphatic hydroxyl groups is 3. The summed E-state index contributed by atoms with van der Waals surface area (Å²) in [6.45, 7) is 4.82. The third-order valence-corrected chi connectivity index (χ3v) is 1.62. The van der Waals surface area contributed by atoms with Gasteiger partial charge in [0.05, 0.1) is 13.2 Å². The van der Waals surface area contributed by atoms with Gasteiger partial charge in [0, 0.05) is 25.7 Å². The van der Waals surface area contributed by atoms with E-state index in [0.717, 1.165) is 0 Å². The first-order valence-corrected chi connectivity index (χ1v) is 5.50. The van der Waals surface area contributed by atoms with Gasteiger partial charge in [-0.2, -0.15) is 0 Å². The molecule has 0 bridgehead atoms. The van der Waals surface area contributed by atoms with Crippen molar-refractivity contribution >= 4 is 0 Å². The van der Waals surface area contributed by atoms with Crippen LogP contribution in [0.15, 0.2) is 0 Å². The van der Waals surface area contributed by atoms with Gasteiger partial charge in [0.15, 0.2) is 0 Å². The van der Waals surface area contributed by atoms with E-state index in [0.29, 0.717) is 26.1 Å². The van der Waals surface area contributed by atoms with E-state index in [1.165, 1.54) is 0 Å². The van der Waals surface area contributed by atoms with Crippen LogP contribution in [0.3, 0.4) is 0 Å². The third-order valence-electron chi connectivity index (χ3n) is 1.62. The number of rotatable bonds is 9. The van der Waals surface area contributed by atoms with Gasteiger partial charge in [0.1, 0.15) is 0 Å². The minimum Gasteiger partial charge on any atom is -0.396 e. The maximum atomic E-state index is 8.51. The van der Waals surface area contributed by atoms with Crippen LogP contribution in [0.5, 0.6) is 0 Å². The summed E-state index contributed by atoms with van der Waals surface area (Å²) in [4.78, 5) is 8.70. The molecule has 0 unspecified atom stereocenters. The maximum Gasteiger partial charge on any atom is 0.0825 e. The van der Waals surface area contributed by atoms with Crippen LogP contribution >= 0.6 is 0 Å². The zero-order valence-electron chi connectivity index (χ0n) is 10.1. The Balaban J connectivity index is 0. The molecule has 0 atom stereocenters. The quantitative estimate of drug-likeness (QED) is 0.304. The molecule has 0 radical (unpaired) electrons. The molecule has 0 amide bonds. The first-order chi connectivity index (χ1) is 7.76. The molecule has 16 heavy (non-hydrogen) atoms. The monoisotopic (exact) mass is 240 g/mol. The fraction of sp³-hybridized carbons (Fsp3) is 1.00. The molecule has 6 heteroatoms. The Kier molecular flexibility index (Phi) is 19.5. The molecule has 0 rings (SSSR count). The van der Waals surface area contributed by atoms with E-state index in [-0.39, 0.29) is 25.7 Å². The van der Waals surface area contributed by atoms with Crippen molar-refractivity contribution in [1.82, 2.24) is 0 Å². The van der Waals surface area contributed by atoms with Gasteiger partial charge < -0.3 is 15.3 Å². The van der Waals surface area contributed by atoms with E-state index in [2.05, 4.69) is 14.8 Å². The molecule has 0 spiro atoms. The van der Waals surface area contributed by atoms with Gasteiger partial charge in [-0.15, -0.1) is 0 Å². The summed E-state index contributed by atoms with van der Waals surface area (Å²) in [5.41, 5.74) is 0. The highest BCUT2D eigenvalue weighted by atomic mass is 17.5. The molecule has 0 aromatic carbocycles. The molecule has 0 fully saturated rings. The molecule has 0 aliphatic heterocycles. The van der Waals surface area contributed by atoms with Crippen molar-refractivity contribution in [2.45, 2.75) is 26.7 Å². The Morgan fingerprint density at radius 3 is 1.75 bits per heavy atom. The highest BCUT2D eigenvalue weighted by Crippen LogP contribution is 2.02. The van der Waals surface area contributed by atoms with E-state index in [1.54, 1.807) is 0 Å². The largest absolute Gasteiger partial charge is 0.396 e. The van der Waals surface area contributed by atoms with E-state index >= 15 is 0 Å². The molecule has 0 saturated carbocycles. The lowest BCUT2D eigenvalue weighted by Crippen LogP contribution is -2.11. The number of hydrogen-bond donors (Lipinski definition) is 3. The van der Waals surface area contributed by atoms with Crippen molar-refractivity contribution in [2.24, 2.45) is 5.92 Å². The molecule has 0 aromatic heterocycles. The van der Waals surface area contributed by atoms with Crippen LogP contribution < -0.4 is 0 Å². The predicted octanol–water partition coefficient (Wildman–Crippen LogP) is 0.266. The zero-order chi connectivity index (χ0) is 12.6. The molecule has 0 aromatic rings. The normalized spacial score (nSPS) is 10.1. The third kappa shape index (κ3) is 16.2. The molecular formula is C10H24O6. The van der Waals surface area contributed by atoms with Crippen molar-refractivity contribution in [3.63, 3.8) is 0 Å². The highest BCUT2D eigenvalue weighted by Gasteiger charge is 2.03. The molecule has 0 aliphatic rings. The van der Waals surface area contributed by atoms with Crippen LogP contribution in [0, 0.1) is 5.92 Å². The van der Waals surface area contributed by atoms with Crippen LogP contribution in [0.25, 0.3) is 0 Å². The van der Waals surface area contributed by atoms with Crippen LogP contribution in [0.2, 0.25) is 0 Å². The second-order valence-corrected chi connectivity index (χ2v) is 2.98. The topological polar surface area (TPSA) is 88.4 Å². The smallest absolute Gasteiger partial charge is 0.0825 e. The number of aliphatic hydroxyl groups excluding tert-OH is 3. The van der Waals surface area contributed by atoms with Crippen molar-refractivity contribution < 1.29 is 30.1 Å². The SMILES string of the molecule is CCOOOCC.OCCCC(CO)CO. The van der Waals surface area contributed by atoms with Crippen molar-refractivity contribution in [3.05, 3.63) is 0 Å². The van der Waals surface area contributed by atoms with E-state index in [1.807, 2.05) is 13.8 Å². The molecule has 0 saturated heterocycles. The van der Waals surface area contributed by atoms with Crippen LogP contribution in [0.4, 0.5) is 0 Å². The van der Waals surface area contributed by atoms with Gasteiger partial charge >= 0.3 is 0 Å². The molecule has 0 heterocycles. The van der Waals surface area contributed by atoms with Crippen LogP contribution in [-0.4, -0.2) is 48.4 Å². The molecule has 6 nitrogen and oxygen atoms in total. The summed E-state index contributed by atoms with van der Waals surface area (Å²) in [5, 5.41) is 29.5. The van der Waals surface area contributed by atoms with Gasteiger partial charge in [-0.05, 0) is 26.7 Å². The minimum absolute atomic E-state index is 0.0104. The van der Waals surface area contributed by atoms with Gasteiger partial charge in [0.2, 0.25) is 0 Å². The van der Waals surface area contributed by atoms with E-state index < -0.39 is 0 Å². The summed E-state index contributed by atoms with van der Waals surface area (Å²) in [6, 6.07) is 0. The second-order valence-electron chi connectivity index (χ2n) is 2.98. The van der Waals surface area contributed by atoms with E-state index in [4.69, 9.17) is 15.3 Å². The Hall–Kier alpha value is -0.240. The first kappa shape index (κ1) is 18.1. The fourth-order valence-corrected chi connectivity index (χ4v) is 0.751. The Morgan fingerprint density at radius 1 is 0.938 bits per heavy atom. The zero-order valence-corrected chi connectivity index (χ0v) is 10.1. The van der Waals surface area contributed by atoms with Crippen molar-refractivity contribution in [1.29, 1.82) is 0 Å².